The lowest BCUT2D eigenvalue weighted by molar-refractivity contribution is -0.0151. The van der Waals surface area contributed by atoms with Crippen LogP contribution in [0.1, 0.15) is 6.92 Å². The van der Waals surface area contributed by atoms with Crippen LogP contribution in [0.25, 0.3) is 0 Å². The SMILES string of the molecule is CC1COC(CCl)CN1S(=O)(=O)c1cccs1. The lowest BCUT2D eigenvalue weighted by Gasteiger charge is -2.35. The molecular formula is C10H14ClNO3S2. The Morgan fingerprint density at radius 3 is 3.00 bits per heavy atom. The van der Waals surface area contributed by atoms with Crippen molar-refractivity contribution in [1.82, 2.24) is 4.31 Å². The lowest BCUT2D eigenvalue weighted by atomic mass is 10.2. The Balaban J connectivity index is 2.26. The number of halogens is 1. The number of hydrogen-bond acceptors (Lipinski definition) is 4. The van der Waals surface area contributed by atoms with Crippen LogP contribution in [0.5, 0.6) is 0 Å². The fourth-order valence-electron chi connectivity index (χ4n) is 1.75. The third kappa shape index (κ3) is 2.66. The van der Waals surface area contributed by atoms with Crippen LogP contribution in [0.2, 0.25) is 0 Å². The summed E-state index contributed by atoms with van der Waals surface area (Å²) in [6.07, 6.45) is -0.220. The monoisotopic (exact) mass is 295 g/mol. The van der Waals surface area contributed by atoms with Gasteiger partial charge in [0.1, 0.15) is 4.21 Å². The number of morpholine rings is 1. The predicted octanol–water partition coefficient (Wildman–Crippen LogP) is 1.76. The van der Waals surface area contributed by atoms with Gasteiger partial charge in [-0.15, -0.1) is 22.9 Å². The van der Waals surface area contributed by atoms with Gasteiger partial charge in [0.25, 0.3) is 10.0 Å². The van der Waals surface area contributed by atoms with Gasteiger partial charge >= 0.3 is 0 Å². The van der Waals surface area contributed by atoms with Crippen molar-refractivity contribution in [1.29, 1.82) is 0 Å². The molecule has 4 nitrogen and oxygen atoms in total. The molecular weight excluding hydrogens is 282 g/mol. The van der Waals surface area contributed by atoms with Gasteiger partial charge in [-0.25, -0.2) is 8.42 Å². The van der Waals surface area contributed by atoms with Gasteiger partial charge in [0.05, 0.1) is 12.7 Å². The Hall–Kier alpha value is -0.140. The van der Waals surface area contributed by atoms with Gasteiger partial charge in [0.2, 0.25) is 0 Å². The molecule has 1 aliphatic heterocycles. The maximum absolute atomic E-state index is 12.4. The molecule has 0 spiro atoms. The molecule has 0 saturated carbocycles. The van der Waals surface area contributed by atoms with Crippen LogP contribution in [0, 0.1) is 0 Å². The average Bonchev–Trinajstić information content (AvgIpc) is 2.83. The van der Waals surface area contributed by atoms with Gasteiger partial charge in [0, 0.05) is 18.5 Å². The summed E-state index contributed by atoms with van der Waals surface area (Å²) in [5.74, 6) is 0.309. The van der Waals surface area contributed by atoms with E-state index < -0.39 is 10.0 Å². The lowest BCUT2D eigenvalue weighted by Crippen LogP contribution is -2.51. The van der Waals surface area contributed by atoms with Crippen LogP contribution in [-0.2, 0) is 14.8 Å². The van der Waals surface area contributed by atoms with E-state index >= 15 is 0 Å². The standard InChI is InChI=1S/C10H14ClNO3S2/c1-8-7-15-9(5-11)6-12(8)17(13,14)10-3-2-4-16-10/h2-4,8-9H,5-7H2,1H3. The number of hydrogen-bond donors (Lipinski definition) is 0. The molecule has 2 rings (SSSR count). The van der Waals surface area contributed by atoms with E-state index in [1.54, 1.807) is 17.5 Å². The van der Waals surface area contributed by atoms with Crippen molar-refractivity contribution in [3.8, 4) is 0 Å². The summed E-state index contributed by atoms with van der Waals surface area (Å²) in [7, 11) is -3.40. The third-order valence-corrected chi connectivity index (χ3v) is 6.38. The van der Waals surface area contributed by atoms with Crippen molar-refractivity contribution in [2.24, 2.45) is 0 Å². The first-order valence-electron chi connectivity index (χ1n) is 5.28. The Morgan fingerprint density at radius 2 is 2.41 bits per heavy atom. The van der Waals surface area contributed by atoms with Crippen molar-refractivity contribution < 1.29 is 13.2 Å². The Morgan fingerprint density at radius 1 is 1.65 bits per heavy atom. The Labute approximate surface area is 110 Å². The minimum absolute atomic E-state index is 0.151. The van der Waals surface area contributed by atoms with Crippen LogP contribution in [-0.4, -0.2) is 43.9 Å². The number of ether oxygens (including phenoxy) is 1. The molecule has 0 N–H and O–H groups in total. The van der Waals surface area contributed by atoms with Crippen molar-refractivity contribution >= 4 is 33.0 Å². The van der Waals surface area contributed by atoms with E-state index in [4.69, 9.17) is 16.3 Å². The van der Waals surface area contributed by atoms with E-state index in [-0.39, 0.29) is 12.1 Å². The fourth-order valence-corrected chi connectivity index (χ4v) is 4.70. The van der Waals surface area contributed by atoms with Gasteiger partial charge in [-0.3, -0.25) is 0 Å². The molecule has 0 bridgehead atoms. The van der Waals surface area contributed by atoms with E-state index in [9.17, 15) is 8.42 Å². The molecule has 96 valence electrons. The van der Waals surface area contributed by atoms with Gasteiger partial charge in [-0.2, -0.15) is 4.31 Å². The molecule has 2 unspecified atom stereocenters. The predicted molar refractivity (Wildman–Crippen MR) is 68.1 cm³/mol. The summed E-state index contributed by atoms with van der Waals surface area (Å²) < 4.78 is 32.0. The normalized spacial score (nSPS) is 27.2. The number of nitrogens with zero attached hydrogens (tertiary/aromatic N) is 1. The highest BCUT2D eigenvalue weighted by atomic mass is 35.5. The quantitative estimate of drug-likeness (QED) is 0.799. The van der Waals surface area contributed by atoms with Gasteiger partial charge in [-0.1, -0.05) is 6.07 Å². The first-order valence-corrected chi connectivity index (χ1v) is 8.14. The maximum Gasteiger partial charge on any atom is 0.252 e. The summed E-state index contributed by atoms with van der Waals surface area (Å²) in [4.78, 5) is 0. The van der Waals surface area contributed by atoms with Gasteiger partial charge in [-0.05, 0) is 18.4 Å². The molecule has 0 aromatic carbocycles. The highest BCUT2D eigenvalue weighted by Gasteiger charge is 2.35. The van der Waals surface area contributed by atoms with Crippen LogP contribution in [0.15, 0.2) is 21.7 Å². The van der Waals surface area contributed by atoms with E-state index in [1.807, 2.05) is 6.92 Å². The second-order valence-corrected chi connectivity index (χ2v) is 7.34. The second-order valence-electron chi connectivity index (χ2n) is 3.97. The van der Waals surface area contributed by atoms with Gasteiger partial charge in [0.15, 0.2) is 0 Å². The molecule has 0 radical (unpaired) electrons. The minimum atomic E-state index is -3.40. The number of thiophene rings is 1. The summed E-state index contributed by atoms with van der Waals surface area (Å²) in [6, 6.07) is 3.21. The molecule has 2 atom stereocenters. The third-order valence-electron chi connectivity index (χ3n) is 2.68. The average molecular weight is 296 g/mol. The van der Waals surface area contributed by atoms with E-state index in [0.29, 0.717) is 23.2 Å². The van der Waals surface area contributed by atoms with Crippen molar-refractivity contribution in [2.75, 3.05) is 19.0 Å². The molecule has 1 aliphatic rings. The zero-order valence-electron chi connectivity index (χ0n) is 9.37. The molecule has 1 saturated heterocycles. The fraction of sp³-hybridized carbons (Fsp3) is 0.600. The van der Waals surface area contributed by atoms with Crippen LogP contribution < -0.4 is 0 Å². The molecule has 7 heteroatoms. The smallest absolute Gasteiger partial charge is 0.252 e. The Bertz CT molecular complexity index is 460. The highest BCUT2D eigenvalue weighted by Crippen LogP contribution is 2.25. The topological polar surface area (TPSA) is 46.6 Å². The Kier molecular flexibility index (Phi) is 4.10. The molecule has 2 heterocycles. The summed E-state index contributed by atoms with van der Waals surface area (Å²) in [6.45, 7) is 2.56. The summed E-state index contributed by atoms with van der Waals surface area (Å²) in [5.41, 5.74) is 0. The van der Waals surface area contributed by atoms with Gasteiger partial charge < -0.3 is 4.74 Å². The first kappa shape index (κ1) is 13.3. The number of rotatable bonds is 3. The molecule has 0 aliphatic carbocycles. The number of sulfonamides is 1. The van der Waals surface area contributed by atoms with E-state index in [0.717, 1.165) is 0 Å². The summed E-state index contributed by atoms with van der Waals surface area (Å²) >= 11 is 6.96. The largest absolute Gasteiger partial charge is 0.374 e. The van der Waals surface area contributed by atoms with Crippen molar-refractivity contribution in [3.05, 3.63) is 17.5 Å². The minimum Gasteiger partial charge on any atom is -0.374 e. The molecule has 17 heavy (non-hydrogen) atoms. The molecule has 1 aromatic heterocycles. The number of alkyl halides is 1. The molecule has 1 aromatic rings. The first-order chi connectivity index (χ1) is 8.05. The molecule has 0 amide bonds. The van der Waals surface area contributed by atoms with E-state index in [2.05, 4.69) is 0 Å². The van der Waals surface area contributed by atoms with Crippen LogP contribution in [0.3, 0.4) is 0 Å². The zero-order chi connectivity index (χ0) is 12.5. The van der Waals surface area contributed by atoms with Crippen LogP contribution >= 0.6 is 22.9 Å². The van der Waals surface area contributed by atoms with Crippen LogP contribution in [0.4, 0.5) is 0 Å². The zero-order valence-corrected chi connectivity index (χ0v) is 11.8. The maximum atomic E-state index is 12.4. The highest BCUT2D eigenvalue weighted by molar-refractivity contribution is 7.91. The second kappa shape index (κ2) is 5.24. The summed E-state index contributed by atoms with van der Waals surface area (Å²) in [5, 5.41) is 1.76. The molecule has 1 fully saturated rings. The van der Waals surface area contributed by atoms with Crippen molar-refractivity contribution in [2.45, 2.75) is 23.3 Å². The van der Waals surface area contributed by atoms with E-state index in [1.165, 1.54) is 15.6 Å². The van der Waals surface area contributed by atoms with Crippen molar-refractivity contribution in [3.63, 3.8) is 0 Å².